The molecule has 1 heterocycles. The molecule has 1 saturated heterocycles. The van der Waals surface area contributed by atoms with Crippen LogP contribution in [-0.4, -0.2) is 31.2 Å². The second-order valence-electron chi connectivity index (χ2n) is 3.52. The van der Waals surface area contributed by atoms with Gasteiger partial charge in [0, 0.05) is 24.1 Å². The zero-order chi connectivity index (χ0) is 9.80. The number of hydrogen-bond donors (Lipinski definition) is 0. The van der Waals surface area contributed by atoms with Crippen LogP contribution in [0.3, 0.4) is 0 Å². The minimum atomic E-state index is 0. The van der Waals surface area contributed by atoms with Crippen molar-refractivity contribution in [2.45, 2.75) is 6.54 Å². The molecule has 0 saturated carbocycles. The van der Waals surface area contributed by atoms with Crippen molar-refractivity contribution in [3.8, 4) is 0 Å². The molecule has 1 aromatic rings. The van der Waals surface area contributed by atoms with Crippen molar-refractivity contribution in [3.05, 3.63) is 34.3 Å². The van der Waals surface area contributed by atoms with Crippen molar-refractivity contribution in [1.82, 2.24) is 4.90 Å². The maximum Gasteiger partial charge on any atom is 0.0594 e. The number of hydrogen-bond acceptors (Lipinski definition) is 2. The Morgan fingerprint density at radius 3 is 2.67 bits per heavy atom. The molecular weight excluding hydrogens is 277 g/mol. The zero-order valence-electron chi connectivity index (χ0n) is 8.49. The maximum absolute atomic E-state index is 5.31. The monoisotopic (exact) mass is 291 g/mol. The van der Waals surface area contributed by atoms with E-state index in [0.29, 0.717) is 0 Å². The lowest BCUT2D eigenvalue weighted by Gasteiger charge is -2.26. The summed E-state index contributed by atoms with van der Waals surface area (Å²) in [4.78, 5) is 2.42. The molecule has 2 nitrogen and oxygen atoms in total. The highest BCUT2D eigenvalue weighted by Crippen LogP contribution is 2.13. The molecule has 0 unspecified atom stereocenters. The SMILES string of the molecule is Brc1cccc(CN2CCOCC2)c1.Cl. The molecule has 0 aliphatic carbocycles. The third-order valence-electron chi connectivity index (χ3n) is 2.40. The summed E-state index contributed by atoms with van der Waals surface area (Å²) in [5.41, 5.74) is 1.36. The molecule has 1 aliphatic heterocycles. The molecule has 0 bridgehead atoms. The zero-order valence-corrected chi connectivity index (χ0v) is 10.9. The van der Waals surface area contributed by atoms with E-state index in [9.17, 15) is 0 Å². The maximum atomic E-state index is 5.31. The second kappa shape index (κ2) is 6.48. The van der Waals surface area contributed by atoms with Gasteiger partial charge in [0.25, 0.3) is 0 Å². The fraction of sp³-hybridized carbons (Fsp3) is 0.455. The molecular formula is C11H15BrClNO. The second-order valence-corrected chi connectivity index (χ2v) is 4.43. The summed E-state index contributed by atoms with van der Waals surface area (Å²) in [5.74, 6) is 0. The van der Waals surface area contributed by atoms with Crippen LogP contribution in [0, 0.1) is 0 Å². The predicted octanol–water partition coefficient (Wildman–Crippen LogP) is 2.70. The number of ether oxygens (including phenoxy) is 1. The Labute approximate surface area is 105 Å². The average Bonchev–Trinajstić information content (AvgIpc) is 2.19. The molecule has 2 rings (SSSR count). The Morgan fingerprint density at radius 2 is 2.00 bits per heavy atom. The van der Waals surface area contributed by atoms with Crippen LogP contribution >= 0.6 is 28.3 Å². The molecule has 1 aromatic carbocycles. The van der Waals surface area contributed by atoms with Crippen molar-refractivity contribution in [3.63, 3.8) is 0 Å². The van der Waals surface area contributed by atoms with Gasteiger partial charge in [0.2, 0.25) is 0 Å². The summed E-state index contributed by atoms with van der Waals surface area (Å²) in [7, 11) is 0. The Kier molecular flexibility index (Phi) is 5.61. The van der Waals surface area contributed by atoms with E-state index >= 15 is 0 Å². The van der Waals surface area contributed by atoms with Gasteiger partial charge in [0.1, 0.15) is 0 Å². The molecule has 0 atom stereocenters. The summed E-state index contributed by atoms with van der Waals surface area (Å²) in [6.07, 6.45) is 0. The summed E-state index contributed by atoms with van der Waals surface area (Å²) >= 11 is 3.48. The van der Waals surface area contributed by atoms with E-state index in [1.54, 1.807) is 0 Å². The van der Waals surface area contributed by atoms with Gasteiger partial charge in [-0.15, -0.1) is 12.4 Å². The van der Waals surface area contributed by atoms with Crippen LogP contribution in [-0.2, 0) is 11.3 Å². The molecule has 0 N–H and O–H groups in total. The molecule has 1 fully saturated rings. The fourth-order valence-electron chi connectivity index (χ4n) is 1.65. The van der Waals surface area contributed by atoms with E-state index in [-0.39, 0.29) is 12.4 Å². The van der Waals surface area contributed by atoms with Gasteiger partial charge in [-0.25, -0.2) is 0 Å². The molecule has 15 heavy (non-hydrogen) atoms. The van der Waals surface area contributed by atoms with Gasteiger partial charge in [-0.3, -0.25) is 4.90 Å². The highest BCUT2D eigenvalue weighted by Gasteiger charge is 2.10. The predicted molar refractivity (Wildman–Crippen MR) is 67.5 cm³/mol. The van der Waals surface area contributed by atoms with Gasteiger partial charge in [0.05, 0.1) is 13.2 Å². The first-order chi connectivity index (χ1) is 6.84. The Bertz CT molecular complexity index is 302. The molecule has 1 aliphatic rings. The minimum Gasteiger partial charge on any atom is -0.379 e. The van der Waals surface area contributed by atoms with E-state index in [1.807, 2.05) is 0 Å². The highest BCUT2D eigenvalue weighted by atomic mass is 79.9. The Morgan fingerprint density at radius 1 is 1.27 bits per heavy atom. The van der Waals surface area contributed by atoms with Crippen molar-refractivity contribution >= 4 is 28.3 Å². The van der Waals surface area contributed by atoms with Crippen molar-refractivity contribution < 1.29 is 4.74 Å². The number of halogens is 2. The molecule has 0 radical (unpaired) electrons. The number of rotatable bonds is 2. The van der Waals surface area contributed by atoms with Crippen molar-refractivity contribution in [1.29, 1.82) is 0 Å². The van der Waals surface area contributed by atoms with E-state index in [4.69, 9.17) is 4.74 Å². The fourth-order valence-corrected chi connectivity index (χ4v) is 2.10. The number of nitrogens with zero attached hydrogens (tertiary/aromatic N) is 1. The minimum absolute atomic E-state index is 0. The third-order valence-corrected chi connectivity index (χ3v) is 2.89. The van der Waals surface area contributed by atoms with E-state index in [0.717, 1.165) is 37.3 Å². The smallest absolute Gasteiger partial charge is 0.0594 e. The third kappa shape index (κ3) is 4.11. The number of benzene rings is 1. The largest absolute Gasteiger partial charge is 0.379 e. The molecule has 0 spiro atoms. The first kappa shape index (κ1) is 13.0. The summed E-state index contributed by atoms with van der Waals surface area (Å²) in [5, 5.41) is 0. The Hall–Kier alpha value is -0.0900. The summed E-state index contributed by atoms with van der Waals surface area (Å²) < 4.78 is 6.47. The van der Waals surface area contributed by atoms with Gasteiger partial charge >= 0.3 is 0 Å². The lowest BCUT2D eigenvalue weighted by atomic mass is 10.2. The van der Waals surface area contributed by atoms with E-state index < -0.39 is 0 Å². The van der Waals surface area contributed by atoms with Crippen LogP contribution in [0.5, 0.6) is 0 Å². The highest BCUT2D eigenvalue weighted by molar-refractivity contribution is 9.10. The molecule has 0 aromatic heterocycles. The normalized spacial score (nSPS) is 17.1. The first-order valence-electron chi connectivity index (χ1n) is 4.89. The van der Waals surface area contributed by atoms with Crippen LogP contribution in [0.15, 0.2) is 28.7 Å². The van der Waals surface area contributed by atoms with Crippen molar-refractivity contribution in [2.24, 2.45) is 0 Å². The van der Waals surface area contributed by atoms with Gasteiger partial charge in [-0.1, -0.05) is 28.1 Å². The van der Waals surface area contributed by atoms with E-state index in [2.05, 4.69) is 45.1 Å². The van der Waals surface area contributed by atoms with Crippen LogP contribution in [0.1, 0.15) is 5.56 Å². The Balaban J connectivity index is 0.00000112. The molecule has 4 heteroatoms. The lowest BCUT2D eigenvalue weighted by Crippen LogP contribution is -2.35. The van der Waals surface area contributed by atoms with Gasteiger partial charge in [-0.05, 0) is 17.7 Å². The molecule has 84 valence electrons. The lowest BCUT2D eigenvalue weighted by molar-refractivity contribution is 0.0342. The van der Waals surface area contributed by atoms with Crippen LogP contribution in [0.4, 0.5) is 0 Å². The quantitative estimate of drug-likeness (QED) is 0.831. The number of morpholine rings is 1. The average molecular weight is 293 g/mol. The first-order valence-corrected chi connectivity index (χ1v) is 5.68. The van der Waals surface area contributed by atoms with Crippen LogP contribution < -0.4 is 0 Å². The van der Waals surface area contributed by atoms with Crippen LogP contribution in [0.25, 0.3) is 0 Å². The van der Waals surface area contributed by atoms with Gasteiger partial charge in [0.15, 0.2) is 0 Å². The summed E-state index contributed by atoms with van der Waals surface area (Å²) in [6.45, 7) is 4.86. The standard InChI is InChI=1S/C11H14BrNO.ClH/c12-11-3-1-2-10(8-11)9-13-4-6-14-7-5-13;/h1-3,8H,4-7,9H2;1H. The van der Waals surface area contributed by atoms with Crippen LogP contribution in [0.2, 0.25) is 0 Å². The van der Waals surface area contributed by atoms with E-state index in [1.165, 1.54) is 5.56 Å². The topological polar surface area (TPSA) is 12.5 Å². The molecule has 0 amide bonds. The van der Waals surface area contributed by atoms with Gasteiger partial charge < -0.3 is 4.74 Å². The summed E-state index contributed by atoms with van der Waals surface area (Å²) in [6, 6.07) is 8.48. The van der Waals surface area contributed by atoms with Crippen molar-refractivity contribution in [2.75, 3.05) is 26.3 Å². The van der Waals surface area contributed by atoms with Gasteiger partial charge in [-0.2, -0.15) is 0 Å².